The number of ether oxygens (including phenoxy) is 3. The zero-order valence-corrected chi connectivity index (χ0v) is 39.4. The van der Waals surface area contributed by atoms with Gasteiger partial charge < -0.3 is 29.3 Å². The van der Waals surface area contributed by atoms with Crippen molar-refractivity contribution >= 4 is 19.8 Å². The summed E-state index contributed by atoms with van der Waals surface area (Å²) in [5.74, 6) is 1.46. The van der Waals surface area contributed by atoms with Gasteiger partial charge in [0.1, 0.15) is 18.1 Å². The molecule has 1 fully saturated rings. The molecule has 0 aliphatic carbocycles. The van der Waals surface area contributed by atoms with Gasteiger partial charge in [-0.25, -0.2) is 4.57 Å². The second-order valence-electron chi connectivity index (χ2n) is 16.6. The summed E-state index contributed by atoms with van der Waals surface area (Å²) in [5.41, 5.74) is 8.05. The number of allylic oxidation sites excluding steroid dienone is 4. The maximum atomic E-state index is 12.6. The summed E-state index contributed by atoms with van der Waals surface area (Å²) in [5, 5.41) is 0. The Morgan fingerprint density at radius 2 is 1.20 bits per heavy atom. The predicted molar refractivity (Wildman–Crippen MR) is 245 cm³/mol. The number of epoxide rings is 1. The van der Waals surface area contributed by atoms with Crippen LogP contribution in [0.2, 0.25) is 0 Å². The molecule has 11 nitrogen and oxygen atoms in total. The Labute approximate surface area is 369 Å². The lowest BCUT2D eigenvalue weighted by Gasteiger charge is -2.19. The number of carbonyl (C=O) groups is 2. The van der Waals surface area contributed by atoms with Crippen molar-refractivity contribution in [3.63, 3.8) is 0 Å². The van der Waals surface area contributed by atoms with Gasteiger partial charge in [0.15, 0.2) is 6.10 Å². The lowest BCUT2D eigenvalue weighted by molar-refractivity contribution is -0.161. The van der Waals surface area contributed by atoms with Crippen LogP contribution in [-0.4, -0.2) is 61.5 Å². The van der Waals surface area contributed by atoms with E-state index in [2.05, 4.69) is 58.1 Å². The van der Waals surface area contributed by atoms with Crippen LogP contribution in [0, 0.1) is 13.8 Å². The number of hydrogen-bond acceptors (Lipinski definition) is 10. The van der Waals surface area contributed by atoms with Gasteiger partial charge in [0, 0.05) is 32.2 Å². The second-order valence-corrected chi connectivity index (χ2v) is 18.0. The largest absolute Gasteiger partial charge is 0.472 e. The molecule has 1 aromatic rings. The molecule has 1 saturated heterocycles. The Morgan fingerprint density at radius 3 is 1.84 bits per heavy atom. The SMILES string of the molecule is CCCCC/C=C\CC1OC1C/C=C\C/C=C\CCCC(=O)O[C@H](COC(=O)CCCCCCCCCCCCc1oc(CCCCC)c(C)c1C)COP(=O)(O)OCCN. The number of phosphoric acid groups is 1. The Bertz CT molecular complexity index is 1440. The molecule has 350 valence electrons. The first-order valence-corrected chi connectivity index (χ1v) is 25.4. The van der Waals surface area contributed by atoms with E-state index in [0.717, 1.165) is 57.8 Å². The molecule has 61 heavy (non-hydrogen) atoms. The zero-order valence-electron chi connectivity index (χ0n) is 38.6. The van der Waals surface area contributed by atoms with Crippen LogP contribution < -0.4 is 5.73 Å². The molecule has 1 aliphatic rings. The van der Waals surface area contributed by atoms with E-state index in [4.69, 9.17) is 33.4 Å². The Kier molecular flexibility index (Phi) is 31.2. The van der Waals surface area contributed by atoms with E-state index in [-0.39, 0.29) is 32.6 Å². The highest BCUT2D eigenvalue weighted by Gasteiger charge is 2.36. The van der Waals surface area contributed by atoms with E-state index in [1.807, 2.05) is 6.08 Å². The van der Waals surface area contributed by atoms with Crippen molar-refractivity contribution in [2.75, 3.05) is 26.4 Å². The Morgan fingerprint density at radius 1 is 0.672 bits per heavy atom. The maximum Gasteiger partial charge on any atom is 0.472 e. The number of nitrogens with two attached hydrogens (primary N) is 1. The molecule has 0 saturated carbocycles. The number of rotatable bonds is 40. The van der Waals surface area contributed by atoms with E-state index in [1.54, 1.807) is 0 Å². The molecule has 0 aromatic carbocycles. The molecular weight excluding hydrogens is 794 g/mol. The quantitative estimate of drug-likeness (QED) is 0.0212. The summed E-state index contributed by atoms with van der Waals surface area (Å²) in [7, 11) is -4.41. The molecule has 3 N–H and O–H groups in total. The normalized spacial score (nSPS) is 16.8. The molecular formula is C49H84NO10P. The molecule has 1 aliphatic heterocycles. The molecule has 2 heterocycles. The summed E-state index contributed by atoms with van der Waals surface area (Å²) in [6.45, 7) is 7.97. The van der Waals surface area contributed by atoms with Gasteiger partial charge in [0.05, 0.1) is 25.4 Å². The highest BCUT2D eigenvalue weighted by Crippen LogP contribution is 2.43. The number of phosphoric ester groups is 1. The van der Waals surface area contributed by atoms with Crippen LogP contribution >= 0.6 is 7.82 Å². The van der Waals surface area contributed by atoms with Crippen molar-refractivity contribution in [2.45, 2.75) is 213 Å². The molecule has 2 rings (SSSR count). The lowest BCUT2D eigenvalue weighted by Crippen LogP contribution is -2.29. The number of unbranched alkanes of at least 4 members (excludes halogenated alkanes) is 15. The van der Waals surface area contributed by atoms with Crippen LogP contribution in [0.3, 0.4) is 0 Å². The first-order chi connectivity index (χ1) is 29.6. The van der Waals surface area contributed by atoms with Crippen LogP contribution in [-0.2, 0) is 50.3 Å². The highest BCUT2D eigenvalue weighted by molar-refractivity contribution is 7.47. The van der Waals surface area contributed by atoms with E-state index in [0.29, 0.717) is 31.5 Å². The maximum absolute atomic E-state index is 12.6. The molecule has 0 radical (unpaired) electrons. The summed E-state index contributed by atoms with van der Waals surface area (Å²) in [6, 6.07) is 0. The zero-order chi connectivity index (χ0) is 44.4. The molecule has 12 heteroatoms. The van der Waals surface area contributed by atoms with Crippen molar-refractivity contribution < 1.29 is 46.7 Å². The molecule has 0 spiro atoms. The van der Waals surface area contributed by atoms with Gasteiger partial charge >= 0.3 is 19.8 Å². The number of hydrogen-bond donors (Lipinski definition) is 2. The second kappa shape index (κ2) is 34.9. The molecule has 0 amide bonds. The van der Waals surface area contributed by atoms with E-state index in [1.165, 1.54) is 99.7 Å². The summed E-state index contributed by atoms with van der Waals surface area (Å²) < 4.78 is 44.8. The third-order valence-corrected chi connectivity index (χ3v) is 12.1. The van der Waals surface area contributed by atoms with Gasteiger partial charge in [0.25, 0.3) is 0 Å². The number of esters is 2. The van der Waals surface area contributed by atoms with Gasteiger partial charge in [-0.2, -0.15) is 0 Å². The molecule has 0 bridgehead atoms. The fourth-order valence-corrected chi connectivity index (χ4v) is 7.91. The lowest BCUT2D eigenvalue weighted by atomic mass is 10.0. The number of furan rings is 1. The third kappa shape index (κ3) is 28.0. The average Bonchev–Trinajstić information content (AvgIpc) is 3.94. The van der Waals surface area contributed by atoms with Gasteiger partial charge in [-0.1, -0.05) is 127 Å². The van der Waals surface area contributed by atoms with Crippen molar-refractivity contribution in [3.05, 3.63) is 59.1 Å². The smallest absolute Gasteiger partial charge is 0.466 e. The fraction of sp³-hybridized carbons (Fsp3) is 0.755. The minimum absolute atomic E-state index is 0.0368. The first kappa shape index (κ1) is 54.6. The molecule has 4 atom stereocenters. The summed E-state index contributed by atoms with van der Waals surface area (Å²) in [6.07, 6.45) is 38.8. The minimum atomic E-state index is -4.41. The minimum Gasteiger partial charge on any atom is -0.466 e. The summed E-state index contributed by atoms with van der Waals surface area (Å²) in [4.78, 5) is 35.1. The van der Waals surface area contributed by atoms with Gasteiger partial charge in [-0.05, 0) is 89.2 Å². The van der Waals surface area contributed by atoms with Crippen LogP contribution in [0.4, 0.5) is 0 Å². The standard InChI is InChI=1S/C49H84NO10P/c1-5-7-9-10-20-27-33-46-47(60-46)34-28-22-17-15-19-24-30-36-49(52)58-43(40-57-61(53,54)56-38-37-50)39-55-48(51)35-29-23-18-14-12-11-13-16-21-26-32-45-42(4)41(3)44(59-45)31-25-8-6-2/h15,19-20,22,27-28,43,46-47H,5-14,16-18,21,23-26,29-40,50H2,1-4H3,(H,53,54)/b19-15-,27-20-,28-22-/t43-,46?,47?/m1/s1. The average molecular weight is 878 g/mol. The van der Waals surface area contributed by atoms with E-state index >= 15 is 0 Å². The van der Waals surface area contributed by atoms with Gasteiger partial charge in [0.2, 0.25) is 0 Å². The third-order valence-electron chi connectivity index (χ3n) is 11.1. The Hall–Kier alpha value is -2.53. The number of carbonyl (C=O) groups excluding carboxylic acids is 2. The highest BCUT2D eigenvalue weighted by atomic mass is 31.2. The van der Waals surface area contributed by atoms with Crippen molar-refractivity contribution in [1.82, 2.24) is 0 Å². The van der Waals surface area contributed by atoms with Gasteiger partial charge in [-0.3, -0.25) is 18.6 Å². The van der Waals surface area contributed by atoms with Crippen LogP contribution in [0.1, 0.15) is 191 Å². The fourth-order valence-electron chi connectivity index (χ4n) is 7.14. The monoisotopic (exact) mass is 878 g/mol. The van der Waals surface area contributed by atoms with Crippen LogP contribution in [0.5, 0.6) is 0 Å². The van der Waals surface area contributed by atoms with E-state index in [9.17, 15) is 19.0 Å². The van der Waals surface area contributed by atoms with Crippen LogP contribution in [0.15, 0.2) is 40.9 Å². The van der Waals surface area contributed by atoms with Crippen molar-refractivity contribution in [1.29, 1.82) is 0 Å². The van der Waals surface area contributed by atoms with Crippen LogP contribution in [0.25, 0.3) is 0 Å². The van der Waals surface area contributed by atoms with Crippen molar-refractivity contribution in [2.24, 2.45) is 5.73 Å². The van der Waals surface area contributed by atoms with Crippen molar-refractivity contribution in [3.8, 4) is 0 Å². The molecule has 1 aromatic heterocycles. The number of aryl methyl sites for hydroxylation is 2. The topological polar surface area (TPSA) is 160 Å². The van der Waals surface area contributed by atoms with E-state index < -0.39 is 32.5 Å². The molecule has 3 unspecified atom stereocenters. The predicted octanol–water partition coefficient (Wildman–Crippen LogP) is 12.4. The first-order valence-electron chi connectivity index (χ1n) is 23.9. The Balaban J connectivity index is 1.55. The van der Waals surface area contributed by atoms with Gasteiger partial charge in [-0.15, -0.1) is 0 Å². The summed E-state index contributed by atoms with van der Waals surface area (Å²) >= 11 is 0.